The topological polar surface area (TPSA) is 111 Å². The van der Waals surface area contributed by atoms with Crippen molar-refractivity contribution >= 4 is 33.6 Å². The van der Waals surface area contributed by atoms with Crippen LogP contribution >= 0.6 is 0 Å². The molecule has 5 aromatic heterocycles. The van der Waals surface area contributed by atoms with E-state index in [-0.39, 0.29) is 0 Å². The van der Waals surface area contributed by atoms with Crippen LogP contribution < -0.4 is 10.2 Å². The van der Waals surface area contributed by atoms with E-state index in [1.54, 1.807) is 0 Å². The predicted octanol–water partition coefficient (Wildman–Crippen LogP) is 5.28. The summed E-state index contributed by atoms with van der Waals surface area (Å²) in [6.45, 7) is 6.19. The average molecular weight is 478 g/mol. The minimum atomic E-state index is 0.575. The van der Waals surface area contributed by atoms with Crippen molar-refractivity contribution in [2.75, 3.05) is 23.3 Å². The second-order valence-corrected chi connectivity index (χ2v) is 9.72. The Kier molecular flexibility index (Phi) is 4.93. The fraction of sp³-hybridized carbons (Fsp3) is 0.296. The van der Waals surface area contributed by atoms with Crippen molar-refractivity contribution in [2.24, 2.45) is 5.92 Å². The Morgan fingerprint density at radius 3 is 2.75 bits per heavy atom. The van der Waals surface area contributed by atoms with Crippen LogP contribution in [0.1, 0.15) is 32.1 Å². The molecule has 6 heterocycles. The number of anilines is 2. The lowest BCUT2D eigenvalue weighted by atomic mass is 10.1. The zero-order chi connectivity index (χ0) is 24.1. The molecule has 1 aliphatic heterocycles. The number of rotatable bonds is 6. The third kappa shape index (κ3) is 3.77. The van der Waals surface area contributed by atoms with Crippen molar-refractivity contribution in [3.8, 4) is 22.8 Å². The molecule has 0 spiro atoms. The number of hydrogen-bond acceptors (Lipinski definition) is 7. The highest BCUT2D eigenvalue weighted by molar-refractivity contribution is 5.94. The molecule has 0 radical (unpaired) electrons. The summed E-state index contributed by atoms with van der Waals surface area (Å²) in [5, 5.41) is 11.1. The Morgan fingerprint density at radius 1 is 1.00 bits per heavy atom. The van der Waals surface area contributed by atoms with Gasteiger partial charge in [0.25, 0.3) is 0 Å². The molecular formula is C27H27N9. The minimum absolute atomic E-state index is 0.575. The first kappa shape index (κ1) is 21.0. The standard InChI is InChI=1S/C27H27N9/c1-16(17-5-6-17)30-19-13-18(14-28-15-19)20-7-8-22-23(31-20)25(35-34-22)26-32-21-9-10-29-27(24(21)33-26)36-11-3-2-4-12-36/h7-10,13-15,17,30H,1-6,11-12H2,(H,32,33)(H,34,35). The molecule has 1 aliphatic carbocycles. The molecule has 7 rings (SSSR count). The lowest BCUT2D eigenvalue weighted by Gasteiger charge is -2.27. The molecule has 36 heavy (non-hydrogen) atoms. The molecule has 3 N–H and O–H groups in total. The van der Waals surface area contributed by atoms with Crippen LogP contribution in [0.5, 0.6) is 0 Å². The number of H-pyrrole nitrogens is 2. The highest BCUT2D eigenvalue weighted by Crippen LogP contribution is 2.36. The number of hydrogen-bond donors (Lipinski definition) is 3. The molecular weight excluding hydrogens is 450 g/mol. The van der Waals surface area contributed by atoms with Crippen molar-refractivity contribution in [2.45, 2.75) is 32.1 Å². The van der Waals surface area contributed by atoms with E-state index in [1.165, 1.54) is 32.1 Å². The summed E-state index contributed by atoms with van der Waals surface area (Å²) in [5.74, 6) is 2.19. The molecule has 0 unspecified atom stereocenters. The summed E-state index contributed by atoms with van der Waals surface area (Å²) in [6, 6.07) is 8.01. The lowest BCUT2D eigenvalue weighted by molar-refractivity contribution is 0.574. The quantitative estimate of drug-likeness (QED) is 0.305. The third-order valence-electron chi connectivity index (χ3n) is 7.08. The summed E-state index contributed by atoms with van der Waals surface area (Å²) in [6.07, 6.45) is 11.6. The van der Waals surface area contributed by atoms with E-state index in [9.17, 15) is 0 Å². The van der Waals surface area contributed by atoms with Gasteiger partial charge in [0.2, 0.25) is 0 Å². The van der Waals surface area contributed by atoms with Crippen molar-refractivity contribution in [3.63, 3.8) is 0 Å². The van der Waals surface area contributed by atoms with Gasteiger partial charge in [0, 0.05) is 36.7 Å². The van der Waals surface area contributed by atoms with Gasteiger partial charge in [-0.25, -0.2) is 15.0 Å². The second kappa shape index (κ2) is 8.44. The zero-order valence-electron chi connectivity index (χ0n) is 20.0. The first-order valence-corrected chi connectivity index (χ1v) is 12.6. The largest absolute Gasteiger partial charge is 0.358 e. The Hall–Kier alpha value is -4.27. The van der Waals surface area contributed by atoms with Crippen LogP contribution in [0, 0.1) is 5.92 Å². The van der Waals surface area contributed by atoms with Gasteiger partial charge in [0.1, 0.15) is 11.0 Å². The SMILES string of the molecule is C=C(Nc1cncc(-c2ccc3[nH]nc(-c4nc5c(N6CCCCC6)nccc5[nH]4)c3n2)c1)C1CC1. The zero-order valence-corrected chi connectivity index (χ0v) is 20.0. The van der Waals surface area contributed by atoms with E-state index in [0.29, 0.717) is 17.4 Å². The first-order chi connectivity index (χ1) is 17.7. The molecule has 0 aromatic carbocycles. The molecule has 1 saturated heterocycles. The van der Waals surface area contributed by atoms with Gasteiger partial charge in [-0.1, -0.05) is 6.58 Å². The van der Waals surface area contributed by atoms with Crippen LogP contribution in [0.4, 0.5) is 11.5 Å². The summed E-state index contributed by atoms with van der Waals surface area (Å²) < 4.78 is 0. The van der Waals surface area contributed by atoms with Gasteiger partial charge in [-0.3, -0.25) is 10.1 Å². The number of pyridine rings is 3. The average Bonchev–Trinajstić information content (AvgIpc) is 3.55. The van der Waals surface area contributed by atoms with Crippen molar-refractivity contribution in [1.82, 2.24) is 35.1 Å². The number of nitrogens with zero attached hydrogens (tertiary/aromatic N) is 6. The molecule has 180 valence electrons. The number of allylic oxidation sites excluding steroid dienone is 1. The Bertz CT molecular complexity index is 1590. The summed E-state index contributed by atoms with van der Waals surface area (Å²) >= 11 is 0. The van der Waals surface area contributed by atoms with Crippen LogP contribution in [0.15, 0.2) is 55.1 Å². The number of piperidine rings is 1. The Morgan fingerprint density at radius 2 is 1.89 bits per heavy atom. The smallest absolute Gasteiger partial charge is 0.161 e. The maximum Gasteiger partial charge on any atom is 0.161 e. The number of aromatic nitrogens is 7. The van der Waals surface area contributed by atoms with Gasteiger partial charge in [-0.2, -0.15) is 5.10 Å². The minimum Gasteiger partial charge on any atom is -0.358 e. The third-order valence-corrected chi connectivity index (χ3v) is 7.08. The number of imidazole rings is 1. The Labute approximate surface area is 208 Å². The molecule has 9 nitrogen and oxygen atoms in total. The van der Waals surface area contributed by atoms with E-state index < -0.39 is 0 Å². The normalized spacial score (nSPS) is 16.1. The molecule has 0 amide bonds. The van der Waals surface area contributed by atoms with E-state index in [4.69, 9.17) is 9.97 Å². The van der Waals surface area contributed by atoms with Gasteiger partial charge in [0.05, 0.1) is 28.6 Å². The predicted molar refractivity (Wildman–Crippen MR) is 142 cm³/mol. The van der Waals surface area contributed by atoms with Crippen molar-refractivity contribution < 1.29 is 0 Å². The molecule has 2 fully saturated rings. The molecule has 0 bridgehead atoms. The summed E-state index contributed by atoms with van der Waals surface area (Å²) in [5.41, 5.74) is 7.87. The molecule has 1 saturated carbocycles. The van der Waals surface area contributed by atoms with Crippen LogP contribution in [-0.2, 0) is 0 Å². The summed E-state index contributed by atoms with van der Waals surface area (Å²) in [7, 11) is 0. The van der Waals surface area contributed by atoms with Gasteiger partial charge < -0.3 is 15.2 Å². The summed E-state index contributed by atoms with van der Waals surface area (Å²) in [4.78, 5) is 24.8. The monoisotopic (exact) mass is 477 g/mol. The van der Waals surface area contributed by atoms with E-state index in [1.807, 2.05) is 36.8 Å². The van der Waals surface area contributed by atoms with Gasteiger partial charge in [0.15, 0.2) is 17.3 Å². The molecule has 5 aromatic rings. The maximum atomic E-state index is 4.96. The molecule has 0 atom stereocenters. The highest BCUT2D eigenvalue weighted by atomic mass is 15.2. The van der Waals surface area contributed by atoms with E-state index >= 15 is 0 Å². The second-order valence-electron chi connectivity index (χ2n) is 9.72. The maximum absolute atomic E-state index is 4.96. The fourth-order valence-electron chi connectivity index (χ4n) is 4.96. The van der Waals surface area contributed by atoms with Crippen molar-refractivity contribution in [3.05, 3.63) is 55.1 Å². The lowest BCUT2D eigenvalue weighted by Crippen LogP contribution is -2.30. The van der Waals surface area contributed by atoms with Crippen LogP contribution in [-0.4, -0.2) is 48.2 Å². The first-order valence-electron chi connectivity index (χ1n) is 12.6. The number of aromatic amines is 2. The van der Waals surface area contributed by atoms with Gasteiger partial charge >= 0.3 is 0 Å². The number of fused-ring (bicyclic) bond motifs is 2. The van der Waals surface area contributed by atoms with Crippen molar-refractivity contribution in [1.29, 1.82) is 0 Å². The van der Waals surface area contributed by atoms with E-state index in [2.05, 4.69) is 48.0 Å². The van der Waals surface area contributed by atoms with Crippen LogP contribution in [0.3, 0.4) is 0 Å². The van der Waals surface area contributed by atoms with Crippen LogP contribution in [0.25, 0.3) is 44.8 Å². The van der Waals surface area contributed by atoms with E-state index in [0.717, 1.165) is 63.6 Å². The number of nitrogens with one attached hydrogen (secondary N) is 3. The molecule has 9 heteroatoms. The van der Waals surface area contributed by atoms with Gasteiger partial charge in [-0.05, 0) is 62.3 Å². The fourth-order valence-corrected chi connectivity index (χ4v) is 4.96. The van der Waals surface area contributed by atoms with Gasteiger partial charge in [-0.15, -0.1) is 0 Å². The van der Waals surface area contributed by atoms with Crippen LogP contribution in [0.2, 0.25) is 0 Å². The Balaban J connectivity index is 1.25. The highest BCUT2D eigenvalue weighted by Gasteiger charge is 2.25. The molecule has 2 aliphatic rings.